The molecule has 5 heteroatoms. The minimum atomic E-state index is -3.19. The van der Waals surface area contributed by atoms with Crippen LogP contribution in [-0.2, 0) is 9.84 Å². The molecule has 0 atom stereocenters. The molecule has 3 nitrogen and oxygen atoms in total. The zero-order valence-corrected chi connectivity index (χ0v) is 11.0. The highest BCUT2D eigenvalue weighted by Gasteiger charge is 2.13. The maximum absolute atomic E-state index is 11.8. The summed E-state index contributed by atoms with van der Waals surface area (Å²) in [7, 11) is -3.19. The summed E-state index contributed by atoms with van der Waals surface area (Å²) in [6.45, 7) is 4.42. The fourth-order valence-corrected chi connectivity index (χ4v) is 2.54. The van der Waals surface area contributed by atoms with Crippen LogP contribution in [-0.4, -0.2) is 26.8 Å². The van der Waals surface area contributed by atoms with Crippen LogP contribution in [0.3, 0.4) is 0 Å². The third-order valence-corrected chi connectivity index (χ3v) is 4.08. The predicted molar refractivity (Wildman–Crippen MR) is 66.6 cm³/mol. The Bertz CT molecular complexity index is 426. The zero-order valence-electron chi connectivity index (χ0n) is 9.40. The summed E-state index contributed by atoms with van der Waals surface area (Å²) in [5.41, 5.74) is 0. The molecule has 90 valence electrons. The average molecular weight is 262 g/mol. The summed E-state index contributed by atoms with van der Waals surface area (Å²) in [6, 6.07) is 6.54. The van der Waals surface area contributed by atoms with E-state index in [9.17, 15) is 8.42 Å². The Morgan fingerprint density at radius 2 is 1.81 bits per heavy atom. The standard InChI is InChI=1S/C11H16ClNO2S/c1-9(2)13-7-8-16(14,15)11-5-3-10(12)4-6-11/h3-6,9,13H,7-8H2,1-2H3. The third kappa shape index (κ3) is 4.12. The number of sulfone groups is 1. The van der Waals surface area contributed by atoms with Gasteiger partial charge in [0.25, 0.3) is 0 Å². The molecule has 0 saturated heterocycles. The highest BCUT2D eigenvalue weighted by molar-refractivity contribution is 7.91. The first kappa shape index (κ1) is 13.5. The molecule has 0 aliphatic heterocycles. The summed E-state index contributed by atoms with van der Waals surface area (Å²) in [5, 5.41) is 3.62. The van der Waals surface area contributed by atoms with Gasteiger partial charge in [-0.05, 0) is 24.3 Å². The van der Waals surface area contributed by atoms with Gasteiger partial charge in [0.2, 0.25) is 0 Å². The Labute approximate surface area is 102 Å². The fraction of sp³-hybridized carbons (Fsp3) is 0.455. The zero-order chi connectivity index (χ0) is 12.2. The largest absolute Gasteiger partial charge is 0.314 e. The van der Waals surface area contributed by atoms with Gasteiger partial charge in [0.1, 0.15) is 0 Å². The second kappa shape index (κ2) is 5.66. The van der Waals surface area contributed by atoms with Crippen molar-refractivity contribution < 1.29 is 8.42 Å². The molecular weight excluding hydrogens is 246 g/mol. The van der Waals surface area contributed by atoms with E-state index in [1.165, 1.54) is 12.1 Å². The van der Waals surface area contributed by atoms with Crippen molar-refractivity contribution in [3.05, 3.63) is 29.3 Å². The van der Waals surface area contributed by atoms with E-state index in [2.05, 4.69) is 5.32 Å². The van der Waals surface area contributed by atoms with Gasteiger partial charge in [-0.2, -0.15) is 0 Å². The van der Waals surface area contributed by atoms with Crippen molar-refractivity contribution in [3.63, 3.8) is 0 Å². The van der Waals surface area contributed by atoms with Crippen molar-refractivity contribution in [1.29, 1.82) is 0 Å². The van der Waals surface area contributed by atoms with E-state index < -0.39 is 9.84 Å². The van der Waals surface area contributed by atoms with Crippen LogP contribution in [0.4, 0.5) is 0 Å². The van der Waals surface area contributed by atoms with E-state index in [-0.39, 0.29) is 5.75 Å². The first-order valence-electron chi connectivity index (χ1n) is 5.13. The first-order chi connectivity index (χ1) is 7.42. The van der Waals surface area contributed by atoms with Gasteiger partial charge >= 0.3 is 0 Å². The van der Waals surface area contributed by atoms with Crippen LogP contribution in [0.15, 0.2) is 29.2 Å². The van der Waals surface area contributed by atoms with Gasteiger partial charge in [-0.25, -0.2) is 8.42 Å². The lowest BCUT2D eigenvalue weighted by atomic mass is 10.4. The van der Waals surface area contributed by atoms with Crippen molar-refractivity contribution in [2.75, 3.05) is 12.3 Å². The maximum Gasteiger partial charge on any atom is 0.179 e. The normalized spacial score (nSPS) is 12.0. The number of hydrogen-bond acceptors (Lipinski definition) is 3. The van der Waals surface area contributed by atoms with Crippen molar-refractivity contribution in [2.24, 2.45) is 0 Å². The SMILES string of the molecule is CC(C)NCCS(=O)(=O)c1ccc(Cl)cc1. The summed E-state index contributed by atoms with van der Waals surface area (Å²) >= 11 is 5.70. The highest BCUT2D eigenvalue weighted by Crippen LogP contribution is 2.14. The van der Waals surface area contributed by atoms with Gasteiger partial charge in [0, 0.05) is 17.6 Å². The molecule has 1 aromatic rings. The van der Waals surface area contributed by atoms with E-state index in [0.29, 0.717) is 22.5 Å². The van der Waals surface area contributed by atoms with Crippen LogP contribution in [0.25, 0.3) is 0 Å². The number of rotatable bonds is 5. The van der Waals surface area contributed by atoms with E-state index in [0.717, 1.165) is 0 Å². The molecule has 1 rings (SSSR count). The van der Waals surface area contributed by atoms with Crippen LogP contribution in [0.2, 0.25) is 5.02 Å². The van der Waals surface area contributed by atoms with Crippen molar-refractivity contribution in [2.45, 2.75) is 24.8 Å². The van der Waals surface area contributed by atoms with Crippen LogP contribution >= 0.6 is 11.6 Å². The minimum absolute atomic E-state index is 0.104. The van der Waals surface area contributed by atoms with Crippen molar-refractivity contribution >= 4 is 21.4 Å². The molecule has 0 unspecified atom stereocenters. The number of benzene rings is 1. The Hall–Kier alpha value is -0.580. The number of halogens is 1. The van der Waals surface area contributed by atoms with Crippen molar-refractivity contribution in [1.82, 2.24) is 5.32 Å². The van der Waals surface area contributed by atoms with Crippen molar-refractivity contribution in [3.8, 4) is 0 Å². The smallest absolute Gasteiger partial charge is 0.179 e. The lowest BCUT2D eigenvalue weighted by Crippen LogP contribution is -2.28. The second-order valence-electron chi connectivity index (χ2n) is 3.88. The van der Waals surface area contributed by atoms with Crippen LogP contribution in [0.1, 0.15) is 13.8 Å². The molecule has 0 aromatic heterocycles. The maximum atomic E-state index is 11.8. The average Bonchev–Trinajstić information content (AvgIpc) is 2.17. The highest BCUT2D eigenvalue weighted by atomic mass is 35.5. The first-order valence-corrected chi connectivity index (χ1v) is 7.16. The lowest BCUT2D eigenvalue weighted by Gasteiger charge is -2.08. The van der Waals surface area contributed by atoms with Gasteiger partial charge in [-0.15, -0.1) is 0 Å². The van der Waals surface area contributed by atoms with E-state index in [1.54, 1.807) is 12.1 Å². The fourth-order valence-electron chi connectivity index (χ4n) is 1.24. The van der Waals surface area contributed by atoms with Crippen LogP contribution in [0, 0.1) is 0 Å². The Kier molecular flexibility index (Phi) is 4.77. The minimum Gasteiger partial charge on any atom is -0.314 e. The number of nitrogens with one attached hydrogen (secondary N) is 1. The molecule has 0 radical (unpaired) electrons. The Morgan fingerprint density at radius 3 is 2.31 bits per heavy atom. The summed E-state index contributed by atoms with van der Waals surface area (Å²) in [4.78, 5) is 0.322. The molecule has 0 saturated carbocycles. The Balaban J connectivity index is 2.67. The Morgan fingerprint density at radius 1 is 1.25 bits per heavy atom. The molecule has 16 heavy (non-hydrogen) atoms. The van der Waals surface area contributed by atoms with Gasteiger partial charge in [0.15, 0.2) is 9.84 Å². The van der Waals surface area contributed by atoms with Gasteiger partial charge in [-0.1, -0.05) is 25.4 Å². The molecule has 0 aliphatic carbocycles. The van der Waals surface area contributed by atoms with E-state index in [1.807, 2.05) is 13.8 Å². The molecular formula is C11H16ClNO2S. The summed E-state index contributed by atoms with van der Waals surface area (Å²) in [5.74, 6) is 0.104. The molecule has 0 fully saturated rings. The van der Waals surface area contributed by atoms with Crippen LogP contribution < -0.4 is 5.32 Å². The predicted octanol–water partition coefficient (Wildman–Crippen LogP) is 2.11. The number of hydrogen-bond donors (Lipinski definition) is 1. The molecule has 0 bridgehead atoms. The summed E-state index contributed by atoms with van der Waals surface area (Å²) in [6.07, 6.45) is 0. The molecule has 1 N–H and O–H groups in total. The van der Waals surface area contributed by atoms with Gasteiger partial charge < -0.3 is 5.32 Å². The van der Waals surface area contributed by atoms with E-state index >= 15 is 0 Å². The third-order valence-electron chi connectivity index (χ3n) is 2.10. The lowest BCUT2D eigenvalue weighted by molar-refractivity contribution is 0.578. The molecule has 0 spiro atoms. The molecule has 0 heterocycles. The second-order valence-corrected chi connectivity index (χ2v) is 6.43. The van der Waals surface area contributed by atoms with Crippen LogP contribution in [0.5, 0.6) is 0 Å². The topological polar surface area (TPSA) is 46.2 Å². The summed E-state index contributed by atoms with van der Waals surface area (Å²) < 4.78 is 23.7. The molecule has 1 aromatic carbocycles. The van der Waals surface area contributed by atoms with E-state index in [4.69, 9.17) is 11.6 Å². The van der Waals surface area contributed by atoms with Gasteiger partial charge in [0.05, 0.1) is 10.6 Å². The monoisotopic (exact) mass is 261 g/mol. The molecule has 0 amide bonds. The van der Waals surface area contributed by atoms with Gasteiger partial charge in [-0.3, -0.25) is 0 Å². The quantitative estimate of drug-likeness (QED) is 0.883. The molecule has 0 aliphatic rings.